The summed E-state index contributed by atoms with van der Waals surface area (Å²) in [5, 5.41) is 0. The van der Waals surface area contributed by atoms with Gasteiger partial charge < -0.3 is 4.57 Å². The van der Waals surface area contributed by atoms with Crippen LogP contribution in [0.5, 0.6) is 0 Å². The van der Waals surface area contributed by atoms with Gasteiger partial charge in [-0.1, -0.05) is 0 Å². The highest BCUT2D eigenvalue weighted by Gasteiger charge is 2.30. The van der Waals surface area contributed by atoms with Crippen LogP contribution < -0.4 is 4.72 Å². The van der Waals surface area contributed by atoms with Gasteiger partial charge in [0.25, 0.3) is 0 Å². The van der Waals surface area contributed by atoms with E-state index in [1.54, 1.807) is 12.4 Å². The van der Waals surface area contributed by atoms with Crippen LogP contribution in [-0.2, 0) is 22.7 Å². The van der Waals surface area contributed by atoms with Crippen molar-refractivity contribution in [1.82, 2.24) is 14.3 Å². The van der Waals surface area contributed by atoms with Crippen molar-refractivity contribution in [1.29, 1.82) is 0 Å². The minimum atomic E-state index is -4.49. The molecule has 1 aromatic carbocycles. The maximum Gasteiger partial charge on any atom is 0.416 e. The zero-order valence-corrected chi connectivity index (χ0v) is 13.4. The third kappa shape index (κ3) is 3.78. The number of imidazole rings is 1. The Kier molecular flexibility index (Phi) is 4.39. The summed E-state index contributed by atoms with van der Waals surface area (Å²) in [5.41, 5.74) is -0.881. The number of hydrogen-bond acceptors (Lipinski definition) is 3. The van der Waals surface area contributed by atoms with Crippen molar-refractivity contribution in [2.45, 2.75) is 36.4 Å². The van der Waals surface area contributed by atoms with Gasteiger partial charge in [-0.3, -0.25) is 0 Å². The van der Waals surface area contributed by atoms with E-state index in [4.69, 9.17) is 0 Å². The maximum absolute atomic E-state index is 12.5. The second kappa shape index (κ2) is 6.21. The first-order valence-electron chi connectivity index (χ1n) is 7.45. The summed E-state index contributed by atoms with van der Waals surface area (Å²) in [4.78, 5) is 4.07. The third-order valence-electron chi connectivity index (χ3n) is 3.83. The lowest BCUT2D eigenvalue weighted by molar-refractivity contribution is -0.137. The average Bonchev–Trinajstić information content (AvgIpc) is 3.26. The number of rotatable bonds is 6. The number of nitrogens with zero attached hydrogens (tertiary/aromatic N) is 2. The summed E-state index contributed by atoms with van der Waals surface area (Å²) in [6.45, 7) is 0.561. The first kappa shape index (κ1) is 17.0. The summed E-state index contributed by atoms with van der Waals surface area (Å²) in [7, 11) is -3.84. The quantitative estimate of drug-likeness (QED) is 0.863. The Morgan fingerprint density at radius 3 is 2.46 bits per heavy atom. The summed E-state index contributed by atoms with van der Waals surface area (Å²) < 4.78 is 66.1. The van der Waals surface area contributed by atoms with Crippen molar-refractivity contribution in [3.05, 3.63) is 48.0 Å². The van der Waals surface area contributed by atoms with Gasteiger partial charge in [0.1, 0.15) is 5.82 Å². The van der Waals surface area contributed by atoms with Gasteiger partial charge in [-0.05, 0) is 37.1 Å². The molecule has 5 nitrogen and oxygen atoms in total. The van der Waals surface area contributed by atoms with E-state index in [1.807, 2.05) is 4.57 Å². The molecular formula is C15H16F3N3O2S. The Bertz CT molecular complexity index is 809. The van der Waals surface area contributed by atoms with Gasteiger partial charge in [0.05, 0.1) is 10.5 Å². The van der Waals surface area contributed by atoms with Gasteiger partial charge in [-0.15, -0.1) is 0 Å². The fourth-order valence-corrected chi connectivity index (χ4v) is 3.44. The van der Waals surface area contributed by atoms with E-state index in [9.17, 15) is 21.6 Å². The Morgan fingerprint density at radius 1 is 1.21 bits per heavy atom. The zero-order valence-electron chi connectivity index (χ0n) is 12.6. The van der Waals surface area contributed by atoms with Crippen molar-refractivity contribution in [2.75, 3.05) is 6.54 Å². The number of halogens is 3. The first-order valence-corrected chi connectivity index (χ1v) is 8.93. The van der Waals surface area contributed by atoms with Crippen molar-refractivity contribution in [2.24, 2.45) is 0 Å². The zero-order chi connectivity index (χ0) is 17.4. The van der Waals surface area contributed by atoms with Crippen molar-refractivity contribution in [3.8, 4) is 0 Å². The molecule has 9 heteroatoms. The van der Waals surface area contributed by atoms with Crippen LogP contribution in [0.2, 0.25) is 0 Å². The molecule has 1 N–H and O–H groups in total. The highest BCUT2D eigenvalue weighted by atomic mass is 32.2. The maximum atomic E-state index is 12.5. The van der Waals surface area contributed by atoms with Gasteiger partial charge in [0.2, 0.25) is 10.0 Å². The van der Waals surface area contributed by atoms with Crippen LogP contribution in [0.4, 0.5) is 13.2 Å². The lowest BCUT2D eigenvalue weighted by Gasteiger charge is -2.11. The van der Waals surface area contributed by atoms with E-state index in [2.05, 4.69) is 9.71 Å². The molecule has 0 unspecified atom stereocenters. The molecule has 130 valence electrons. The molecule has 0 bridgehead atoms. The van der Waals surface area contributed by atoms with Crippen LogP contribution >= 0.6 is 0 Å². The van der Waals surface area contributed by atoms with Gasteiger partial charge >= 0.3 is 6.18 Å². The molecule has 1 aliphatic carbocycles. The predicted molar refractivity (Wildman–Crippen MR) is 80.8 cm³/mol. The smallest absolute Gasteiger partial charge is 0.333 e. The number of sulfonamides is 1. The fourth-order valence-electron chi connectivity index (χ4n) is 2.42. The number of alkyl halides is 3. The lowest BCUT2D eigenvalue weighted by Crippen LogP contribution is -2.27. The Labute approximate surface area is 137 Å². The van der Waals surface area contributed by atoms with E-state index in [1.165, 1.54) is 0 Å². The molecule has 1 aliphatic rings. The molecule has 1 fully saturated rings. The van der Waals surface area contributed by atoms with Crippen molar-refractivity contribution < 1.29 is 21.6 Å². The molecule has 1 aromatic heterocycles. The molecule has 0 aliphatic heterocycles. The normalized spacial score (nSPS) is 15.6. The highest BCUT2D eigenvalue weighted by Crippen LogP contribution is 2.38. The Hall–Kier alpha value is -1.87. The molecule has 0 saturated heterocycles. The third-order valence-corrected chi connectivity index (χ3v) is 5.30. The predicted octanol–water partition coefficient (Wildman–Crippen LogP) is 2.76. The molecule has 24 heavy (non-hydrogen) atoms. The monoisotopic (exact) mass is 359 g/mol. The standard InChI is InChI=1S/C15H16F3N3O2S/c16-15(17,18)12-3-5-13(6-4-12)24(22,23)20-8-10-21-9-7-19-14(21)11-1-2-11/h3-7,9,11,20H,1-2,8,10H2. The Balaban J connectivity index is 1.62. The van der Waals surface area contributed by atoms with Crippen LogP contribution in [-0.4, -0.2) is 24.5 Å². The molecule has 2 aromatic rings. The number of nitrogens with one attached hydrogen (secondary N) is 1. The van der Waals surface area contributed by atoms with Gasteiger partial charge in [-0.2, -0.15) is 13.2 Å². The summed E-state index contributed by atoms with van der Waals surface area (Å²) >= 11 is 0. The van der Waals surface area contributed by atoms with E-state index in [0.717, 1.165) is 42.9 Å². The molecule has 0 amide bonds. The Morgan fingerprint density at radius 2 is 1.88 bits per heavy atom. The van der Waals surface area contributed by atoms with Crippen molar-refractivity contribution >= 4 is 10.0 Å². The fraction of sp³-hybridized carbons (Fsp3) is 0.400. The largest absolute Gasteiger partial charge is 0.416 e. The molecule has 0 spiro atoms. The highest BCUT2D eigenvalue weighted by molar-refractivity contribution is 7.89. The van der Waals surface area contributed by atoms with Gasteiger partial charge in [0.15, 0.2) is 0 Å². The van der Waals surface area contributed by atoms with Crippen molar-refractivity contribution in [3.63, 3.8) is 0 Å². The summed E-state index contributed by atoms with van der Waals surface area (Å²) in [6, 6.07) is 3.43. The van der Waals surface area contributed by atoms with E-state index in [0.29, 0.717) is 12.5 Å². The lowest BCUT2D eigenvalue weighted by atomic mass is 10.2. The second-order valence-electron chi connectivity index (χ2n) is 5.67. The average molecular weight is 359 g/mol. The van der Waals surface area contributed by atoms with Crippen LogP contribution in [0.25, 0.3) is 0 Å². The minimum absolute atomic E-state index is 0.138. The molecule has 0 atom stereocenters. The SMILES string of the molecule is O=S(=O)(NCCn1ccnc1C1CC1)c1ccc(C(F)(F)F)cc1. The van der Waals surface area contributed by atoms with Crippen LogP contribution in [0.15, 0.2) is 41.6 Å². The van der Waals surface area contributed by atoms with E-state index >= 15 is 0 Å². The minimum Gasteiger partial charge on any atom is -0.333 e. The van der Waals surface area contributed by atoms with Crippen LogP contribution in [0.1, 0.15) is 30.1 Å². The van der Waals surface area contributed by atoms with Crippen LogP contribution in [0.3, 0.4) is 0 Å². The molecule has 1 heterocycles. The molecule has 0 radical (unpaired) electrons. The molecule has 1 saturated carbocycles. The number of aromatic nitrogens is 2. The molecular weight excluding hydrogens is 343 g/mol. The summed E-state index contributed by atoms with van der Waals surface area (Å²) in [6.07, 6.45) is 1.16. The van der Waals surface area contributed by atoms with Gasteiger partial charge in [0, 0.05) is 31.4 Å². The van der Waals surface area contributed by atoms with E-state index in [-0.39, 0.29) is 11.4 Å². The number of hydrogen-bond donors (Lipinski definition) is 1. The molecule has 3 rings (SSSR count). The number of benzene rings is 1. The topological polar surface area (TPSA) is 64.0 Å². The second-order valence-corrected chi connectivity index (χ2v) is 7.44. The van der Waals surface area contributed by atoms with Gasteiger partial charge in [-0.25, -0.2) is 18.1 Å². The first-order chi connectivity index (χ1) is 11.3. The van der Waals surface area contributed by atoms with Crippen LogP contribution in [0, 0.1) is 0 Å². The van der Waals surface area contributed by atoms with E-state index < -0.39 is 21.8 Å². The summed E-state index contributed by atoms with van der Waals surface area (Å²) in [5.74, 6) is 1.40.